The summed E-state index contributed by atoms with van der Waals surface area (Å²) < 4.78 is 0. The van der Waals surface area contributed by atoms with E-state index in [-0.39, 0.29) is 0 Å². The number of hydrogen-bond donors (Lipinski definition) is 0. The van der Waals surface area contributed by atoms with Gasteiger partial charge in [0.25, 0.3) is 0 Å². The zero-order valence-corrected chi connectivity index (χ0v) is 8.12. The average molecular weight is 181 g/mol. The van der Waals surface area contributed by atoms with Crippen LogP contribution in [0.3, 0.4) is 0 Å². The quantitative estimate of drug-likeness (QED) is 0.381. The van der Waals surface area contributed by atoms with Crippen molar-refractivity contribution in [3.8, 4) is 0 Å². The van der Waals surface area contributed by atoms with Crippen molar-refractivity contribution in [2.45, 2.75) is 26.7 Å². The molecule has 72 valence electrons. The predicted molar refractivity (Wildman–Crippen MR) is 49.8 cm³/mol. The van der Waals surface area contributed by atoms with Gasteiger partial charge in [-0.25, -0.2) is 0 Å². The Labute approximate surface area is 78.1 Å². The van der Waals surface area contributed by atoms with Crippen LogP contribution in [0.15, 0.2) is 17.0 Å². The lowest BCUT2D eigenvalue weighted by atomic mass is 9.49. The smallest absolute Gasteiger partial charge is 0.155 e. The van der Waals surface area contributed by atoms with Gasteiger partial charge in [-0.2, -0.15) is 0 Å². The Kier molecular flexibility index (Phi) is 1.90. The first-order chi connectivity index (χ1) is 6.16. The van der Waals surface area contributed by atoms with Gasteiger partial charge in [0.1, 0.15) is 6.61 Å². The van der Waals surface area contributed by atoms with Crippen LogP contribution >= 0.6 is 0 Å². The maximum absolute atomic E-state index is 9.83. The molecule has 2 unspecified atom stereocenters. The van der Waals surface area contributed by atoms with E-state index in [9.17, 15) is 4.91 Å². The fourth-order valence-electron chi connectivity index (χ4n) is 2.74. The normalized spacial score (nSPS) is 34.5. The maximum Gasteiger partial charge on any atom is 0.155 e. The topological polar surface area (TPSA) is 38.7 Å². The molecule has 3 aliphatic rings. The van der Waals surface area contributed by atoms with Crippen LogP contribution in [0.2, 0.25) is 0 Å². The summed E-state index contributed by atoms with van der Waals surface area (Å²) in [5.74, 6) is 1.46. The number of fused-ring (bicyclic) bond motifs is 1. The molecule has 2 bridgehead atoms. The first-order valence-corrected chi connectivity index (χ1v) is 4.80. The summed E-state index contributed by atoms with van der Waals surface area (Å²) in [4.78, 5) is 14.4. The predicted octanol–water partition coefficient (Wildman–Crippen LogP) is 2.68. The number of hydrogen-bond acceptors (Lipinski definition) is 3. The highest BCUT2D eigenvalue weighted by molar-refractivity contribution is 5.23. The minimum atomic E-state index is 0.393. The summed E-state index contributed by atoms with van der Waals surface area (Å²) in [5.41, 5.74) is 1.68. The van der Waals surface area contributed by atoms with E-state index in [1.54, 1.807) is 0 Å². The van der Waals surface area contributed by atoms with Gasteiger partial charge in [-0.1, -0.05) is 19.9 Å². The fourth-order valence-corrected chi connectivity index (χ4v) is 2.74. The van der Waals surface area contributed by atoms with Crippen LogP contribution in [-0.4, -0.2) is 6.61 Å². The van der Waals surface area contributed by atoms with Crippen molar-refractivity contribution in [2.75, 3.05) is 6.61 Å². The highest BCUT2D eigenvalue weighted by atomic mass is 16.7. The summed E-state index contributed by atoms with van der Waals surface area (Å²) in [6.07, 6.45) is 4.62. The molecule has 0 amide bonds. The molecule has 0 heterocycles. The van der Waals surface area contributed by atoms with Gasteiger partial charge in [0, 0.05) is 0 Å². The highest BCUT2D eigenvalue weighted by Crippen LogP contribution is 2.59. The van der Waals surface area contributed by atoms with Crippen molar-refractivity contribution < 1.29 is 4.84 Å². The third kappa shape index (κ3) is 1.18. The standard InChI is InChI=1S/C10H15NO2/c1-10(2)8-4-3-7(6-13-11-12)9(10)5-8/h3,8-9H,4-6H2,1-2H3. The maximum atomic E-state index is 9.83. The lowest BCUT2D eigenvalue weighted by molar-refractivity contribution is -0.0173. The van der Waals surface area contributed by atoms with Gasteiger partial charge < -0.3 is 4.84 Å². The van der Waals surface area contributed by atoms with E-state index in [1.807, 2.05) is 0 Å². The Morgan fingerprint density at radius 1 is 1.69 bits per heavy atom. The van der Waals surface area contributed by atoms with E-state index in [2.05, 4.69) is 30.1 Å². The fraction of sp³-hybridized carbons (Fsp3) is 0.800. The molecule has 0 saturated heterocycles. The van der Waals surface area contributed by atoms with Gasteiger partial charge in [0.2, 0.25) is 0 Å². The van der Waals surface area contributed by atoms with Crippen LogP contribution in [0.1, 0.15) is 26.7 Å². The van der Waals surface area contributed by atoms with Crippen LogP contribution in [0.25, 0.3) is 0 Å². The highest BCUT2D eigenvalue weighted by Gasteiger charge is 2.51. The van der Waals surface area contributed by atoms with E-state index >= 15 is 0 Å². The molecule has 0 aromatic rings. The van der Waals surface area contributed by atoms with E-state index in [1.165, 1.54) is 12.0 Å². The molecule has 0 radical (unpaired) electrons. The van der Waals surface area contributed by atoms with Crippen LogP contribution in [-0.2, 0) is 4.84 Å². The Morgan fingerprint density at radius 3 is 3.00 bits per heavy atom. The van der Waals surface area contributed by atoms with Crippen molar-refractivity contribution in [2.24, 2.45) is 22.6 Å². The molecule has 3 aliphatic carbocycles. The van der Waals surface area contributed by atoms with Crippen LogP contribution < -0.4 is 0 Å². The summed E-state index contributed by atoms with van der Waals surface area (Å²) in [6, 6.07) is 0. The Hall–Kier alpha value is -0.860. The first-order valence-electron chi connectivity index (χ1n) is 4.80. The van der Waals surface area contributed by atoms with E-state index in [4.69, 9.17) is 0 Å². The monoisotopic (exact) mass is 181 g/mol. The molecule has 0 spiro atoms. The van der Waals surface area contributed by atoms with Gasteiger partial charge in [-0.3, -0.25) is 0 Å². The average Bonchev–Trinajstić information content (AvgIpc) is 2.14. The van der Waals surface area contributed by atoms with E-state index in [0.717, 1.165) is 12.3 Å². The van der Waals surface area contributed by atoms with Gasteiger partial charge in [-0.05, 0) is 35.7 Å². The van der Waals surface area contributed by atoms with Crippen molar-refractivity contribution >= 4 is 0 Å². The zero-order chi connectivity index (χ0) is 9.47. The second kappa shape index (κ2) is 2.82. The summed E-state index contributed by atoms with van der Waals surface area (Å²) >= 11 is 0. The van der Waals surface area contributed by atoms with Crippen molar-refractivity contribution in [1.29, 1.82) is 0 Å². The molecule has 0 aromatic heterocycles. The molecule has 1 fully saturated rings. The molecule has 0 N–H and O–H groups in total. The molecule has 2 atom stereocenters. The molecule has 3 heteroatoms. The Morgan fingerprint density at radius 2 is 2.46 bits per heavy atom. The third-order valence-corrected chi connectivity index (χ3v) is 3.87. The molecule has 0 aromatic carbocycles. The van der Waals surface area contributed by atoms with Crippen LogP contribution in [0.5, 0.6) is 0 Å². The number of nitrogens with zero attached hydrogens (tertiary/aromatic N) is 1. The summed E-state index contributed by atoms with van der Waals surface area (Å²) in [6.45, 7) is 4.99. The van der Waals surface area contributed by atoms with Crippen molar-refractivity contribution in [1.82, 2.24) is 0 Å². The molecule has 1 saturated carbocycles. The van der Waals surface area contributed by atoms with Gasteiger partial charge in [0.05, 0.1) is 0 Å². The SMILES string of the molecule is CC1(C)C2CC=C(CON=O)C1C2. The Balaban J connectivity index is 2.05. The summed E-state index contributed by atoms with van der Waals surface area (Å²) in [5, 5.41) is 2.44. The minimum Gasteiger partial charge on any atom is -0.360 e. The van der Waals surface area contributed by atoms with Gasteiger partial charge in [0.15, 0.2) is 5.34 Å². The number of allylic oxidation sites excluding steroid dienone is 1. The molecule has 3 nitrogen and oxygen atoms in total. The second-order valence-electron chi connectivity index (χ2n) is 4.67. The second-order valence-corrected chi connectivity index (χ2v) is 4.67. The van der Waals surface area contributed by atoms with Crippen molar-refractivity contribution in [3.05, 3.63) is 16.6 Å². The zero-order valence-electron chi connectivity index (χ0n) is 8.12. The van der Waals surface area contributed by atoms with Crippen LogP contribution in [0.4, 0.5) is 0 Å². The van der Waals surface area contributed by atoms with Crippen molar-refractivity contribution in [3.63, 3.8) is 0 Å². The molecular formula is C10H15NO2. The van der Waals surface area contributed by atoms with Crippen LogP contribution in [0, 0.1) is 22.2 Å². The lowest BCUT2D eigenvalue weighted by Gasteiger charge is -2.56. The molecule has 3 rings (SSSR count). The third-order valence-electron chi connectivity index (χ3n) is 3.87. The first kappa shape index (κ1) is 8.73. The Bertz CT molecular complexity index is 258. The largest absolute Gasteiger partial charge is 0.360 e. The molecule has 0 aliphatic heterocycles. The number of rotatable bonds is 3. The van der Waals surface area contributed by atoms with Gasteiger partial charge >= 0.3 is 0 Å². The summed E-state index contributed by atoms with van der Waals surface area (Å²) in [7, 11) is 0. The van der Waals surface area contributed by atoms with Gasteiger partial charge in [-0.15, -0.1) is 4.91 Å². The van der Waals surface area contributed by atoms with E-state index < -0.39 is 0 Å². The lowest BCUT2D eigenvalue weighted by Crippen LogP contribution is -2.48. The minimum absolute atomic E-state index is 0.393. The molecular weight excluding hydrogens is 166 g/mol. The van der Waals surface area contributed by atoms with E-state index in [0.29, 0.717) is 17.9 Å². The molecule has 13 heavy (non-hydrogen) atoms.